The number of hydrogen-bond donors (Lipinski definition) is 1. The van der Waals surface area contributed by atoms with Crippen molar-refractivity contribution in [2.24, 2.45) is 0 Å². The third kappa shape index (κ3) is 6.18. The fraction of sp³-hybridized carbons (Fsp3) is 0.786. The maximum absolute atomic E-state index is 4.57. The number of hydrogen-bond acceptors (Lipinski definition) is 3. The maximum Gasteiger partial charge on any atom is 0.0943 e. The molecule has 1 aromatic rings. The lowest BCUT2D eigenvalue weighted by Gasteiger charge is -2.17. The summed E-state index contributed by atoms with van der Waals surface area (Å²) in [4.78, 5) is 4.57. The quantitative estimate of drug-likeness (QED) is 0.675. The summed E-state index contributed by atoms with van der Waals surface area (Å²) in [5.41, 5.74) is 1.16. The molecule has 0 fully saturated rings. The van der Waals surface area contributed by atoms with E-state index < -0.39 is 0 Å². The second-order valence-electron chi connectivity index (χ2n) is 4.73. The van der Waals surface area contributed by atoms with Crippen LogP contribution in [-0.2, 0) is 6.42 Å². The number of nitrogens with zero attached hydrogens (tertiary/aromatic N) is 1. The highest BCUT2D eigenvalue weighted by Crippen LogP contribution is 2.14. The molecule has 0 saturated carbocycles. The second kappa shape index (κ2) is 8.65. The van der Waals surface area contributed by atoms with Crippen LogP contribution in [0.2, 0.25) is 0 Å². The van der Waals surface area contributed by atoms with Gasteiger partial charge in [-0.1, -0.05) is 33.1 Å². The molecule has 1 rings (SSSR count). The zero-order chi connectivity index (χ0) is 12.5. The summed E-state index contributed by atoms with van der Waals surface area (Å²) in [5, 5.41) is 7.09. The van der Waals surface area contributed by atoms with Gasteiger partial charge < -0.3 is 5.32 Å². The minimum Gasteiger partial charge on any atom is -0.314 e. The highest BCUT2D eigenvalue weighted by Gasteiger charge is 2.10. The molecule has 0 saturated heterocycles. The predicted molar refractivity (Wildman–Crippen MR) is 76.8 cm³/mol. The minimum atomic E-state index is 0.618. The lowest BCUT2D eigenvalue weighted by atomic mass is 10.1. The van der Waals surface area contributed by atoms with E-state index in [0.717, 1.165) is 18.7 Å². The summed E-state index contributed by atoms with van der Waals surface area (Å²) in [6, 6.07) is 0.618. The first kappa shape index (κ1) is 14.7. The van der Waals surface area contributed by atoms with Crippen LogP contribution in [0.3, 0.4) is 0 Å². The Morgan fingerprint density at radius 3 is 2.71 bits per heavy atom. The van der Waals surface area contributed by atoms with Crippen LogP contribution in [0.5, 0.6) is 0 Å². The normalized spacial score (nSPS) is 12.9. The first-order valence-corrected chi connectivity index (χ1v) is 7.78. The largest absolute Gasteiger partial charge is 0.314 e. The molecule has 0 bridgehead atoms. The number of aromatic nitrogens is 1. The molecule has 0 radical (unpaired) electrons. The smallest absolute Gasteiger partial charge is 0.0943 e. The Kier molecular flexibility index (Phi) is 7.45. The summed E-state index contributed by atoms with van der Waals surface area (Å²) in [6.45, 7) is 7.69. The molecule has 0 spiro atoms. The van der Waals surface area contributed by atoms with Crippen molar-refractivity contribution in [1.29, 1.82) is 0 Å². The third-order valence-electron chi connectivity index (χ3n) is 2.93. The van der Waals surface area contributed by atoms with Crippen molar-refractivity contribution >= 4 is 11.3 Å². The van der Waals surface area contributed by atoms with Gasteiger partial charge in [0.1, 0.15) is 0 Å². The van der Waals surface area contributed by atoms with E-state index in [1.807, 2.05) is 0 Å². The molecular formula is C14H26N2S. The van der Waals surface area contributed by atoms with Crippen LogP contribution in [0.15, 0.2) is 5.38 Å². The Balaban J connectivity index is 2.38. The first-order valence-electron chi connectivity index (χ1n) is 6.90. The first-order chi connectivity index (χ1) is 8.26. The van der Waals surface area contributed by atoms with Gasteiger partial charge in [0.15, 0.2) is 0 Å². The van der Waals surface area contributed by atoms with Gasteiger partial charge in [0.25, 0.3) is 0 Å². The van der Waals surface area contributed by atoms with E-state index in [9.17, 15) is 0 Å². The Labute approximate surface area is 110 Å². The van der Waals surface area contributed by atoms with Gasteiger partial charge in [-0.25, -0.2) is 4.98 Å². The fourth-order valence-corrected chi connectivity index (χ4v) is 2.83. The Morgan fingerprint density at radius 1 is 1.29 bits per heavy atom. The van der Waals surface area contributed by atoms with Crippen LogP contribution >= 0.6 is 11.3 Å². The predicted octanol–water partition coefficient (Wildman–Crippen LogP) is 3.94. The molecule has 0 amide bonds. The van der Waals surface area contributed by atoms with Crippen molar-refractivity contribution in [2.75, 3.05) is 6.54 Å². The van der Waals surface area contributed by atoms with E-state index in [1.54, 1.807) is 11.3 Å². The van der Waals surface area contributed by atoms with Gasteiger partial charge in [0.2, 0.25) is 0 Å². The monoisotopic (exact) mass is 254 g/mol. The summed E-state index contributed by atoms with van der Waals surface area (Å²) in [7, 11) is 0. The van der Waals surface area contributed by atoms with Crippen molar-refractivity contribution in [1.82, 2.24) is 10.3 Å². The second-order valence-corrected chi connectivity index (χ2v) is 5.68. The molecule has 0 aromatic carbocycles. The van der Waals surface area contributed by atoms with Crippen molar-refractivity contribution in [3.8, 4) is 0 Å². The molecule has 1 aromatic heterocycles. The topological polar surface area (TPSA) is 24.9 Å². The van der Waals surface area contributed by atoms with Gasteiger partial charge in [-0.05, 0) is 26.3 Å². The van der Waals surface area contributed by atoms with E-state index in [0.29, 0.717) is 6.04 Å². The molecule has 3 heteroatoms. The van der Waals surface area contributed by atoms with E-state index in [1.165, 1.54) is 37.1 Å². The molecule has 0 aliphatic carbocycles. The standard InChI is InChI=1S/C14H26N2S/c1-4-6-7-8-13(15-9-5-2)10-14-16-12(3)11-17-14/h11,13,15H,4-10H2,1-3H3. The van der Waals surface area contributed by atoms with Crippen molar-refractivity contribution in [2.45, 2.75) is 65.3 Å². The van der Waals surface area contributed by atoms with Gasteiger partial charge in [0, 0.05) is 23.5 Å². The Hall–Kier alpha value is -0.410. The molecule has 0 aliphatic heterocycles. The zero-order valence-corrected chi connectivity index (χ0v) is 12.3. The lowest BCUT2D eigenvalue weighted by molar-refractivity contribution is 0.455. The summed E-state index contributed by atoms with van der Waals surface area (Å²) in [6.07, 6.45) is 7.58. The highest BCUT2D eigenvalue weighted by atomic mass is 32.1. The SMILES string of the molecule is CCCCCC(Cc1nc(C)cs1)NCCC. The Morgan fingerprint density at radius 2 is 2.12 bits per heavy atom. The lowest BCUT2D eigenvalue weighted by Crippen LogP contribution is -2.31. The number of rotatable bonds is 9. The van der Waals surface area contributed by atoms with Crippen LogP contribution in [-0.4, -0.2) is 17.6 Å². The molecule has 98 valence electrons. The van der Waals surface area contributed by atoms with E-state index >= 15 is 0 Å². The molecule has 0 aliphatic rings. The van der Waals surface area contributed by atoms with Gasteiger partial charge >= 0.3 is 0 Å². The number of unbranched alkanes of at least 4 members (excludes halogenated alkanes) is 2. The van der Waals surface area contributed by atoms with Crippen LogP contribution in [0, 0.1) is 6.92 Å². The maximum atomic E-state index is 4.57. The van der Waals surface area contributed by atoms with Gasteiger partial charge in [-0.2, -0.15) is 0 Å². The summed E-state index contributed by atoms with van der Waals surface area (Å²) < 4.78 is 0. The molecule has 17 heavy (non-hydrogen) atoms. The number of aryl methyl sites for hydroxylation is 1. The summed E-state index contributed by atoms with van der Waals surface area (Å²) >= 11 is 1.80. The molecule has 2 nitrogen and oxygen atoms in total. The van der Waals surface area contributed by atoms with Crippen LogP contribution in [0.4, 0.5) is 0 Å². The third-order valence-corrected chi connectivity index (χ3v) is 3.92. The molecular weight excluding hydrogens is 228 g/mol. The highest BCUT2D eigenvalue weighted by molar-refractivity contribution is 7.09. The molecule has 1 N–H and O–H groups in total. The fourth-order valence-electron chi connectivity index (χ4n) is 1.97. The van der Waals surface area contributed by atoms with Gasteiger partial charge in [0.05, 0.1) is 5.01 Å². The van der Waals surface area contributed by atoms with Crippen LogP contribution in [0.25, 0.3) is 0 Å². The average molecular weight is 254 g/mol. The molecule has 1 unspecified atom stereocenters. The summed E-state index contributed by atoms with van der Waals surface area (Å²) in [5.74, 6) is 0. The number of nitrogens with one attached hydrogen (secondary N) is 1. The van der Waals surface area contributed by atoms with Gasteiger partial charge in [-0.15, -0.1) is 11.3 Å². The van der Waals surface area contributed by atoms with Crippen molar-refractivity contribution in [3.05, 3.63) is 16.1 Å². The zero-order valence-electron chi connectivity index (χ0n) is 11.5. The average Bonchev–Trinajstić information content (AvgIpc) is 2.72. The van der Waals surface area contributed by atoms with Crippen LogP contribution in [0.1, 0.15) is 56.7 Å². The Bertz CT molecular complexity index is 296. The van der Waals surface area contributed by atoms with Crippen LogP contribution < -0.4 is 5.32 Å². The van der Waals surface area contributed by atoms with E-state index in [2.05, 4.69) is 36.5 Å². The van der Waals surface area contributed by atoms with Crippen molar-refractivity contribution in [3.63, 3.8) is 0 Å². The van der Waals surface area contributed by atoms with E-state index in [4.69, 9.17) is 0 Å². The van der Waals surface area contributed by atoms with Crippen molar-refractivity contribution < 1.29 is 0 Å². The minimum absolute atomic E-state index is 0.618. The van der Waals surface area contributed by atoms with Gasteiger partial charge in [-0.3, -0.25) is 0 Å². The molecule has 1 heterocycles. The van der Waals surface area contributed by atoms with E-state index in [-0.39, 0.29) is 0 Å². The molecule has 1 atom stereocenters. The number of thiazole rings is 1.